The monoisotopic (exact) mass is 757 g/mol. The third-order valence-electron chi connectivity index (χ3n) is 8.61. The lowest BCUT2D eigenvalue weighted by molar-refractivity contribution is -0.123. The first-order valence-corrected chi connectivity index (χ1v) is 18.1. The molecule has 4 heterocycles. The maximum Gasteiger partial charge on any atom is 0.332 e. The van der Waals surface area contributed by atoms with Crippen molar-refractivity contribution in [3.63, 3.8) is 0 Å². The van der Waals surface area contributed by atoms with Gasteiger partial charge in [0, 0.05) is 51.4 Å². The molecule has 6 aromatic rings. The smallest absolute Gasteiger partial charge is 0.332 e. The number of rotatable bonds is 12. The predicted octanol–water partition coefficient (Wildman–Crippen LogP) is 4.07. The minimum absolute atomic E-state index is 0.0513. The number of aryl methyl sites for hydroxylation is 3. The molecule has 0 aliphatic carbocycles. The summed E-state index contributed by atoms with van der Waals surface area (Å²) in [6.07, 6.45) is 5.95. The van der Waals surface area contributed by atoms with Gasteiger partial charge in [-0.15, -0.1) is 0 Å². The number of hydrogen-bond donors (Lipinski definition) is 2. The Hall–Kier alpha value is -5.96. The molecule has 0 aliphatic rings. The van der Waals surface area contributed by atoms with Crippen LogP contribution in [0.15, 0.2) is 67.7 Å². The van der Waals surface area contributed by atoms with Crippen LogP contribution in [0.4, 0.5) is 0 Å². The van der Waals surface area contributed by atoms with Gasteiger partial charge in [0.25, 0.3) is 17.0 Å². The molecule has 6 rings (SSSR count). The number of amides is 1. The van der Waals surface area contributed by atoms with Gasteiger partial charge in [-0.3, -0.25) is 32.7 Å². The number of nitrogens with zero attached hydrogens (tertiary/aromatic N) is 7. The summed E-state index contributed by atoms with van der Waals surface area (Å²) in [5.74, 6) is 1.47. The van der Waals surface area contributed by atoms with Crippen LogP contribution < -0.4 is 32.6 Å². The number of ether oxygens (including phenoxy) is 1. The summed E-state index contributed by atoms with van der Waals surface area (Å²) in [7, 11) is 4.80. The zero-order valence-corrected chi connectivity index (χ0v) is 31.9. The van der Waals surface area contributed by atoms with E-state index in [4.69, 9.17) is 16.3 Å². The second-order valence-electron chi connectivity index (χ2n) is 12.6. The van der Waals surface area contributed by atoms with Gasteiger partial charge in [0.15, 0.2) is 23.4 Å². The van der Waals surface area contributed by atoms with Crippen LogP contribution in [0.3, 0.4) is 0 Å². The highest BCUT2D eigenvalue weighted by Gasteiger charge is 2.18. The molecule has 0 atom stereocenters. The van der Waals surface area contributed by atoms with Crippen molar-refractivity contribution in [1.29, 1.82) is 0 Å². The molecule has 4 aromatic heterocycles. The van der Waals surface area contributed by atoms with Gasteiger partial charge in [-0.25, -0.2) is 19.6 Å². The van der Waals surface area contributed by atoms with E-state index in [-0.39, 0.29) is 29.3 Å². The maximum atomic E-state index is 12.8. The van der Waals surface area contributed by atoms with Crippen LogP contribution in [-0.2, 0) is 39.0 Å². The number of aromatic nitrogens is 8. The summed E-state index contributed by atoms with van der Waals surface area (Å²) < 4.78 is 12.4. The van der Waals surface area contributed by atoms with Crippen molar-refractivity contribution in [2.45, 2.75) is 53.1 Å². The molecule has 0 fully saturated rings. The average Bonchev–Trinajstić information content (AvgIpc) is 3.76. The SMILES string of the molecule is CCCNC(=O)COc1ccc(-c2nc3c([nH]2)c(=O)n(CCC)c(=O)n3CCC)cc1.Cn1c(=O)c2c(nc(/C=C/c3cccc(Cl)c3)n2C)n(C)c1=O. The van der Waals surface area contributed by atoms with Crippen LogP contribution >= 0.6 is 11.6 Å². The molecule has 1 amide bonds. The highest BCUT2D eigenvalue weighted by atomic mass is 35.5. The average molecular weight is 758 g/mol. The second kappa shape index (κ2) is 17.2. The predicted molar refractivity (Wildman–Crippen MR) is 211 cm³/mol. The Balaban J connectivity index is 0.000000217. The second-order valence-corrected chi connectivity index (χ2v) is 13.1. The zero-order chi connectivity index (χ0) is 39.1. The largest absolute Gasteiger partial charge is 0.484 e. The van der Waals surface area contributed by atoms with E-state index < -0.39 is 5.69 Å². The normalized spacial score (nSPS) is 11.3. The molecule has 0 saturated heterocycles. The van der Waals surface area contributed by atoms with Crippen LogP contribution in [-0.4, -0.2) is 56.8 Å². The Morgan fingerprint density at radius 2 is 1.52 bits per heavy atom. The third-order valence-corrected chi connectivity index (χ3v) is 8.84. The minimum Gasteiger partial charge on any atom is -0.484 e. The number of aromatic amines is 1. The lowest BCUT2D eigenvalue weighted by Crippen LogP contribution is -2.40. The lowest BCUT2D eigenvalue weighted by Gasteiger charge is -2.09. The summed E-state index contributed by atoms with van der Waals surface area (Å²) >= 11 is 5.96. The van der Waals surface area contributed by atoms with Crippen LogP contribution in [0, 0.1) is 0 Å². The number of H-pyrrole nitrogens is 1. The molecule has 0 unspecified atom stereocenters. The molecule has 0 saturated carbocycles. The first-order chi connectivity index (χ1) is 25.9. The Bertz CT molecular complexity index is 2570. The minimum atomic E-state index is -0.397. The fourth-order valence-electron chi connectivity index (χ4n) is 5.79. The molecule has 0 spiro atoms. The summed E-state index contributed by atoms with van der Waals surface area (Å²) in [4.78, 5) is 73.6. The van der Waals surface area contributed by atoms with Crippen molar-refractivity contribution in [1.82, 2.24) is 43.1 Å². The fourth-order valence-corrected chi connectivity index (χ4v) is 5.99. The molecule has 0 aliphatic heterocycles. The topological polar surface area (TPSA) is 173 Å². The lowest BCUT2D eigenvalue weighted by atomic mass is 10.2. The number of carbonyl (C=O) groups is 1. The molecule has 16 heteroatoms. The first kappa shape index (κ1) is 39.3. The van der Waals surface area contributed by atoms with Crippen molar-refractivity contribution < 1.29 is 9.53 Å². The van der Waals surface area contributed by atoms with Crippen LogP contribution in [0.1, 0.15) is 51.4 Å². The van der Waals surface area contributed by atoms with Gasteiger partial charge in [-0.1, -0.05) is 50.6 Å². The Morgan fingerprint density at radius 3 is 2.19 bits per heavy atom. The van der Waals surface area contributed by atoms with Crippen molar-refractivity contribution in [3.8, 4) is 17.1 Å². The maximum absolute atomic E-state index is 12.8. The van der Waals surface area contributed by atoms with E-state index in [0.717, 1.165) is 28.5 Å². The van der Waals surface area contributed by atoms with Crippen molar-refractivity contribution in [3.05, 3.63) is 107 Å². The number of hydrogen-bond acceptors (Lipinski definition) is 8. The van der Waals surface area contributed by atoms with E-state index in [0.29, 0.717) is 70.8 Å². The molecule has 0 radical (unpaired) electrons. The Morgan fingerprint density at radius 1 is 0.815 bits per heavy atom. The van der Waals surface area contributed by atoms with Gasteiger partial charge in [0.1, 0.15) is 22.9 Å². The van der Waals surface area contributed by atoms with Crippen LogP contribution in [0.25, 0.3) is 45.9 Å². The Kier molecular flexibility index (Phi) is 12.5. The number of halogens is 1. The summed E-state index contributed by atoms with van der Waals surface area (Å²) in [6.45, 7) is 7.30. The molecule has 0 bridgehead atoms. The van der Waals surface area contributed by atoms with Gasteiger partial charge < -0.3 is 19.6 Å². The third kappa shape index (κ3) is 8.31. The van der Waals surface area contributed by atoms with Crippen molar-refractivity contribution in [2.24, 2.45) is 21.1 Å². The number of benzene rings is 2. The summed E-state index contributed by atoms with van der Waals surface area (Å²) in [5, 5.41) is 3.40. The van der Waals surface area contributed by atoms with Gasteiger partial charge >= 0.3 is 11.4 Å². The van der Waals surface area contributed by atoms with Gasteiger partial charge in [-0.05, 0) is 67.3 Å². The highest BCUT2D eigenvalue weighted by molar-refractivity contribution is 6.30. The van der Waals surface area contributed by atoms with E-state index in [9.17, 15) is 24.0 Å². The molecular formula is C38H44ClN9O6. The number of imidazole rings is 2. The van der Waals surface area contributed by atoms with Crippen molar-refractivity contribution in [2.75, 3.05) is 13.2 Å². The van der Waals surface area contributed by atoms with E-state index in [1.54, 1.807) is 59.6 Å². The van der Waals surface area contributed by atoms with Crippen LogP contribution in [0.5, 0.6) is 5.75 Å². The standard InChI is InChI=1S/C22H29N5O4.C16H15ClN4O2/c1-4-11-23-17(28)14-31-16-9-7-15(8-10-16)19-24-18-20(25-19)26(12-5-2)22(30)27(13-6-3)21(18)29;1-19-12(8-7-10-5-4-6-11(17)9-10)18-14-13(19)15(22)21(3)16(23)20(14)2/h7-10H,4-6,11-14H2,1-3H3,(H,23,28)(H,24,25);4-9H,1-3H3/b;8-7+. The Labute approximate surface area is 315 Å². The number of nitrogens with one attached hydrogen (secondary N) is 2. The van der Waals surface area contributed by atoms with Crippen molar-refractivity contribution >= 4 is 52.0 Å². The van der Waals surface area contributed by atoms with Gasteiger partial charge in [0.2, 0.25) is 0 Å². The molecule has 15 nitrogen and oxygen atoms in total. The number of carbonyl (C=O) groups excluding carboxylic acids is 1. The van der Waals surface area contributed by atoms with E-state index >= 15 is 0 Å². The zero-order valence-electron chi connectivity index (χ0n) is 31.2. The molecule has 284 valence electrons. The van der Waals surface area contributed by atoms with Gasteiger partial charge in [0.05, 0.1) is 0 Å². The number of fused-ring (bicyclic) bond motifs is 2. The van der Waals surface area contributed by atoms with E-state index in [2.05, 4.69) is 20.3 Å². The van der Waals surface area contributed by atoms with Gasteiger partial charge in [-0.2, -0.15) is 0 Å². The first-order valence-electron chi connectivity index (χ1n) is 17.7. The fraction of sp³-hybridized carbons (Fsp3) is 0.342. The quantitative estimate of drug-likeness (QED) is 0.188. The summed E-state index contributed by atoms with van der Waals surface area (Å²) in [5.41, 5.74) is 1.67. The van der Waals surface area contributed by atoms with E-state index in [1.807, 2.05) is 45.0 Å². The molecule has 54 heavy (non-hydrogen) atoms. The molecule has 2 N–H and O–H groups in total. The molecule has 2 aromatic carbocycles. The highest BCUT2D eigenvalue weighted by Crippen LogP contribution is 2.22. The summed E-state index contributed by atoms with van der Waals surface area (Å²) in [6, 6.07) is 14.5. The molecular weight excluding hydrogens is 714 g/mol. The van der Waals surface area contributed by atoms with E-state index in [1.165, 1.54) is 16.2 Å². The van der Waals surface area contributed by atoms with Crippen LogP contribution in [0.2, 0.25) is 5.02 Å².